The Morgan fingerprint density at radius 2 is 1.50 bits per heavy atom. The molecule has 138 valence electrons. The number of fused-ring (bicyclic) bond motifs is 1. The average molecular weight is 378 g/mol. The molecule has 2 aliphatic rings. The van der Waals surface area contributed by atoms with E-state index >= 15 is 0 Å². The SMILES string of the molecule is CC(C(=O)N1CCN(C(=O)CCCl)CC1)N1C(=O)c2ccccc2C1=O. The van der Waals surface area contributed by atoms with Crippen LogP contribution in [0.5, 0.6) is 0 Å². The van der Waals surface area contributed by atoms with Crippen LogP contribution in [0.15, 0.2) is 24.3 Å². The normalized spacial score (nSPS) is 18.2. The third kappa shape index (κ3) is 3.19. The molecule has 0 radical (unpaired) electrons. The molecular formula is C18H20ClN3O4. The van der Waals surface area contributed by atoms with Crippen molar-refractivity contribution < 1.29 is 19.2 Å². The lowest BCUT2D eigenvalue weighted by Crippen LogP contribution is -2.56. The fraction of sp³-hybridized carbons (Fsp3) is 0.444. The van der Waals surface area contributed by atoms with Crippen LogP contribution in [0.4, 0.5) is 0 Å². The summed E-state index contributed by atoms with van der Waals surface area (Å²) in [6, 6.07) is 5.68. The van der Waals surface area contributed by atoms with E-state index in [0.29, 0.717) is 37.3 Å². The van der Waals surface area contributed by atoms with Crippen molar-refractivity contribution in [1.29, 1.82) is 0 Å². The first-order valence-electron chi connectivity index (χ1n) is 8.55. The van der Waals surface area contributed by atoms with Crippen LogP contribution in [-0.2, 0) is 9.59 Å². The molecule has 0 saturated carbocycles. The first-order valence-corrected chi connectivity index (χ1v) is 9.08. The predicted molar refractivity (Wildman–Crippen MR) is 94.9 cm³/mol. The number of piperazine rings is 1. The molecule has 2 heterocycles. The van der Waals surface area contributed by atoms with Gasteiger partial charge in [-0.05, 0) is 19.1 Å². The number of rotatable bonds is 4. The number of benzene rings is 1. The minimum atomic E-state index is -0.882. The molecule has 1 atom stereocenters. The molecule has 1 aromatic carbocycles. The minimum absolute atomic E-state index is 0.0273. The molecule has 0 N–H and O–H groups in total. The van der Waals surface area contributed by atoms with E-state index in [2.05, 4.69) is 0 Å². The van der Waals surface area contributed by atoms with Crippen molar-refractivity contribution in [1.82, 2.24) is 14.7 Å². The highest BCUT2D eigenvalue weighted by Gasteiger charge is 2.42. The topological polar surface area (TPSA) is 78.0 Å². The van der Waals surface area contributed by atoms with Gasteiger partial charge in [0.1, 0.15) is 6.04 Å². The van der Waals surface area contributed by atoms with Gasteiger partial charge in [0.2, 0.25) is 11.8 Å². The predicted octanol–water partition coefficient (Wildman–Crippen LogP) is 0.971. The Hall–Kier alpha value is -2.41. The molecule has 3 rings (SSSR count). The number of carbonyl (C=O) groups excluding carboxylic acids is 4. The van der Waals surface area contributed by atoms with Crippen LogP contribution in [0.25, 0.3) is 0 Å². The summed E-state index contributed by atoms with van der Waals surface area (Å²) in [6.45, 7) is 3.17. The zero-order valence-electron chi connectivity index (χ0n) is 14.5. The second kappa shape index (κ2) is 7.45. The number of alkyl halides is 1. The first-order chi connectivity index (χ1) is 12.5. The number of halogens is 1. The van der Waals surface area contributed by atoms with Gasteiger partial charge in [-0.1, -0.05) is 12.1 Å². The van der Waals surface area contributed by atoms with Gasteiger partial charge < -0.3 is 9.80 Å². The quantitative estimate of drug-likeness (QED) is 0.578. The van der Waals surface area contributed by atoms with Crippen molar-refractivity contribution in [2.75, 3.05) is 32.1 Å². The Morgan fingerprint density at radius 1 is 1.00 bits per heavy atom. The Balaban J connectivity index is 1.66. The molecule has 2 aliphatic heterocycles. The molecule has 0 spiro atoms. The number of hydrogen-bond donors (Lipinski definition) is 0. The summed E-state index contributed by atoms with van der Waals surface area (Å²) in [5.74, 6) is -0.927. The summed E-state index contributed by atoms with van der Waals surface area (Å²) in [6.07, 6.45) is 0.279. The highest BCUT2D eigenvalue weighted by Crippen LogP contribution is 2.25. The summed E-state index contributed by atoms with van der Waals surface area (Å²) >= 11 is 5.59. The number of amides is 4. The van der Waals surface area contributed by atoms with Crippen LogP contribution in [-0.4, -0.2) is 76.4 Å². The van der Waals surface area contributed by atoms with Gasteiger partial charge in [-0.25, -0.2) is 0 Å². The van der Waals surface area contributed by atoms with Crippen LogP contribution in [0, 0.1) is 0 Å². The van der Waals surface area contributed by atoms with Crippen LogP contribution in [0.1, 0.15) is 34.1 Å². The molecule has 8 heteroatoms. The molecule has 1 aromatic rings. The van der Waals surface area contributed by atoms with E-state index in [-0.39, 0.29) is 24.1 Å². The maximum atomic E-state index is 12.8. The number of imide groups is 1. The molecule has 0 bridgehead atoms. The molecule has 4 amide bonds. The van der Waals surface area contributed by atoms with Crippen molar-refractivity contribution >= 4 is 35.2 Å². The zero-order chi connectivity index (χ0) is 18.8. The lowest BCUT2D eigenvalue weighted by molar-refractivity contribution is -0.141. The third-order valence-electron chi connectivity index (χ3n) is 4.82. The second-order valence-corrected chi connectivity index (χ2v) is 6.72. The number of nitrogens with zero attached hydrogens (tertiary/aromatic N) is 3. The molecule has 1 fully saturated rings. The van der Waals surface area contributed by atoms with Crippen LogP contribution in [0.2, 0.25) is 0 Å². The number of hydrogen-bond acceptors (Lipinski definition) is 4. The molecule has 1 saturated heterocycles. The van der Waals surface area contributed by atoms with Crippen molar-refractivity contribution in [2.45, 2.75) is 19.4 Å². The molecule has 26 heavy (non-hydrogen) atoms. The van der Waals surface area contributed by atoms with Gasteiger partial charge in [-0.2, -0.15) is 0 Å². The smallest absolute Gasteiger partial charge is 0.262 e. The molecule has 1 unspecified atom stereocenters. The Labute approximate surface area is 156 Å². The van der Waals surface area contributed by atoms with Gasteiger partial charge in [-0.3, -0.25) is 24.1 Å². The van der Waals surface area contributed by atoms with Gasteiger partial charge in [0.25, 0.3) is 11.8 Å². The Kier molecular flexibility index (Phi) is 5.27. The maximum absolute atomic E-state index is 12.8. The van der Waals surface area contributed by atoms with Gasteiger partial charge in [0, 0.05) is 38.5 Å². The maximum Gasteiger partial charge on any atom is 0.262 e. The molecule has 0 aliphatic carbocycles. The molecule has 7 nitrogen and oxygen atoms in total. The fourth-order valence-electron chi connectivity index (χ4n) is 3.35. The standard InChI is InChI=1S/C18H20ClN3O4/c1-12(22-17(25)13-4-2-3-5-14(13)18(22)26)16(24)21-10-8-20(9-11-21)15(23)6-7-19/h2-5,12H,6-11H2,1H3. The third-order valence-corrected chi connectivity index (χ3v) is 5.01. The van der Waals surface area contributed by atoms with Crippen molar-refractivity contribution in [3.63, 3.8) is 0 Å². The van der Waals surface area contributed by atoms with E-state index in [4.69, 9.17) is 11.6 Å². The lowest BCUT2D eigenvalue weighted by atomic mass is 10.1. The average Bonchev–Trinajstić information content (AvgIpc) is 2.92. The van der Waals surface area contributed by atoms with E-state index < -0.39 is 17.9 Å². The second-order valence-electron chi connectivity index (χ2n) is 6.35. The largest absolute Gasteiger partial charge is 0.339 e. The summed E-state index contributed by atoms with van der Waals surface area (Å²) in [5.41, 5.74) is 0.655. The van der Waals surface area contributed by atoms with Crippen molar-refractivity contribution in [3.05, 3.63) is 35.4 Å². The van der Waals surface area contributed by atoms with Gasteiger partial charge >= 0.3 is 0 Å². The summed E-state index contributed by atoms with van der Waals surface area (Å²) in [7, 11) is 0. The molecular weight excluding hydrogens is 358 g/mol. The van der Waals surface area contributed by atoms with Gasteiger partial charge in [-0.15, -0.1) is 11.6 Å². The van der Waals surface area contributed by atoms with E-state index in [0.717, 1.165) is 4.90 Å². The van der Waals surface area contributed by atoms with Gasteiger partial charge in [0.05, 0.1) is 11.1 Å². The van der Waals surface area contributed by atoms with Crippen LogP contribution in [0.3, 0.4) is 0 Å². The summed E-state index contributed by atoms with van der Waals surface area (Å²) in [5, 5.41) is 0. The summed E-state index contributed by atoms with van der Waals surface area (Å²) < 4.78 is 0. The minimum Gasteiger partial charge on any atom is -0.339 e. The van der Waals surface area contributed by atoms with E-state index in [9.17, 15) is 19.2 Å². The Bertz CT molecular complexity index is 724. The van der Waals surface area contributed by atoms with Crippen molar-refractivity contribution in [3.8, 4) is 0 Å². The van der Waals surface area contributed by atoms with Crippen molar-refractivity contribution in [2.24, 2.45) is 0 Å². The summed E-state index contributed by atoms with van der Waals surface area (Å²) in [4.78, 5) is 54.0. The van der Waals surface area contributed by atoms with Crippen LogP contribution >= 0.6 is 11.6 Å². The highest BCUT2D eigenvalue weighted by atomic mass is 35.5. The highest BCUT2D eigenvalue weighted by molar-refractivity contribution is 6.22. The van der Waals surface area contributed by atoms with E-state index in [1.165, 1.54) is 0 Å². The monoisotopic (exact) mass is 377 g/mol. The Morgan fingerprint density at radius 3 is 2.00 bits per heavy atom. The van der Waals surface area contributed by atoms with E-state index in [1.807, 2.05) is 0 Å². The lowest BCUT2D eigenvalue weighted by Gasteiger charge is -2.37. The van der Waals surface area contributed by atoms with Crippen LogP contribution < -0.4 is 0 Å². The fourth-order valence-corrected chi connectivity index (χ4v) is 3.51. The van der Waals surface area contributed by atoms with E-state index in [1.54, 1.807) is 41.0 Å². The zero-order valence-corrected chi connectivity index (χ0v) is 15.2. The number of carbonyl (C=O) groups is 4. The van der Waals surface area contributed by atoms with Gasteiger partial charge in [0.15, 0.2) is 0 Å². The molecule has 0 aromatic heterocycles. The first kappa shape index (κ1) is 18.4.